The van der Waals surface area contributed by atoms with Crippen molar-refractivity contribution in [2.75, 3.05) is 25.5 Å². The van der Waals surface area contributed by atoms with Crippen LogP contribution >= 0.6 is 0 Å². The molecule has 0 saturated carbocycles. The average molecular weight is 461 g/mol. The lowest BCUT2D eigenvalue weighted by Crippen LogP contribution is -2.48. The fraction of sp³-hybridized carbons (Fsp3) is 0.391. The van der Waals surface area contributed by atoms with Gasteiger partial charge in [-0.15, -0.1) is 0 Å². The van der Waals surface area contributed by atoms with Crippen LogP contribution in [0.5, 0.6) is 0 Å². The summed E-state index contributed by atoms with van der Waals surface area (Å²) in [6, 6.07) is 9.20. The smallest absolute Gasteiger partial charge is 0.338 e. The number of aryl methyl sites for hydroxylation is 1. The summed E-state index contributed by atoms with van der Waals surface area (Å²) >= 11 is 0. The molecular formula is C23H28N2O6S. The third kappa shape index (κ3) is 5.01. The molecule has 1 fully saturated rings. The van der Waals surface area contributed by atoms with Crippen LogP contribution in [0.4, 0.5) is 5.69 Å². The van der Waals surface area contributed by atoms with Gasteiger partial charge in [0.2, 0.25) is 10.0 Å². The zero-order chi connectivity index (χ0) is 23.6. The van der Waals surface area contributed by atoms with Gasteiger partial charge in [0.1, 0.15) is 0 Å². The molecule has 2 aromatic carbocycles. The molecule has 1 N–H and O–H groups in total. The maximum atomic E-state index is 13.1. The van der Waals surface area contributed by atoms with Crippen molar-refractivity contribution in [3.63, 3.8) is 0 Å². The highest BCUT2D eigenvalue weighted by molar-refractivity contribution is 7.89. The number of hydrogen-bond acceptors (Lipinski definition) is 6. The van der Waals surface area contributed by atoms with E-state index in [9.17, 15) is 18.0 Å². The fourth-order valence-corrected chi connectivity index (χ4v) is 5.37. The quantitative estimate of drug-likeness (QED) is 0.688. The predicted octanol–water partition coefficient (Wildman–Crippen LogP) is 3.14. The Hall–Kier alpha value is -2.75. The molecule has 8 nitrogen and oxygen atoms in total. The molecule has 3 rings (SSSR count). The summed E-state index contributed by atoms with van der Waals surface area (Å²) in [7, 11) is -2.48. The topological polar surface area (TPSA) is 102 Å². The number of ether oxygens (including phenoxy) is 2. The van der Waals surface area contributed by atoms with E-state index in [0.717, 1.165) is 11.1 Å². The van der Waals surface area contributed by atoms with Crippen LogP contribution in [0.2, 0.25) is 0 Å². The van der Waals surface area contributed by atoms with Crippen LogP contribution in [0.3, 0.4) is 0 Å². The van der Waals surface area contributed by atoms with Gasteiger partial charge in [0.05, 0.1) is 29.8 Å². The van der Waals surface area contributed by atoms with E-state index < -0.39 is 21.9 Å². The van der Waals surface area contributed by atoms with Crippen molar-refractivity contribution in [2.24, 2.45) is 0 Å². The van der Waals surface area contributed by atoms with Crippen LogP contribution in [-0.2, 0) is 19.5 Å². The number of morpholine rings is 1. The number of nitrogens with zero attached hydrogens (tertiary/aromatic N) is 1. The minimum absolute atomic E-state index is 0.0433. The molecule has 9 heteroatoms. The summed E-state index contributed by atoms with van der Waals surface area (Å²) in [5, 5.41) is 2.74. The first-order valence-electron chi connectivity index (χ1n) is 10.3. The minimum Gasteiger partial charge on any atom is -0.465 e. The van der Waals surface area contributed by atoms with E-state index in [2.05, 4.69) is 5.32 Å². The highest BCUT2D eigenvalue weighted by atomic mass is 32.2. The molecular weight excluding hydrogens is 432 g/mol. The van der Waals surface area contributed by atoms with Crippen LogP contribution in [0.25, 0.3) is 0 Å². The largest absolute Gasteiger partial charge is 0.465 e. The number of nitrogens with one attached hydrogen (secondary N) is 1. The lowest BCUT2D eigenvalue weighted by Gasteiger charge is -2.34. The fourth-order valence-electron chi connectivity index (χ4n) is 3.73. The Morgan fingerprint density at radius 1 is 1.09 bits per heavy atom. The van der Waals surface area contributed by atoms with Gasteiger partial charge in [-0.05, 0) is 69.2 Å². The Labute approximate surface area is 188 Å². The van der Waals surface area contributed by atoms with Gasteiger partial charge in [-0.2, -0.15) is 4.31 Å². The summed E-state index contributed by atoms with van der Waals surface area (Å²) < 4.78 is 38.1. The number of amides is 1. The van der Waals surface area contributed by atoms with E-state index in [1.807, 2.05) is 20.8 Å². The second-order valence-electron chi connectivity index (χ2n) is 8.02. The van der Waals surface area contributed by atoms with E-state index in [0.29, 0.717) is 11.3 Å². The van der Waals surface area contributed by atoms with Crippen molar-refractivity contribution in [3.8, 4) is 0 Å². The minimum atomic E-state index is -3.78. The van der Waals surface area contributed by atoms with Gasteiger partial charge in [-0.25, -0.2) is 13.2 Å². The van der Waals surface area contributed by atoms with Gasteiger partial charge < -0.3 is 14.8 Å². The molecule has 172 valence electrons. The highest BCUT2D eigenvalue weighted by Gasteiger charge is 2.32. The van der Waals surface area contributed by atoms with Gasteiger partial charge in [0.25, 0.3) is 5.91 Å². The first-order valence-corrected chi connectivity index (χ1v) is 11.7. The number of carbonyl (C=O) groups excluding carboxylic acids is 2. The lowest BCUT2D eigenvalue weighted by atomic mass is 10.0. The Morgan fingerprint density at radius 2 is 1.75 bits per heavy atom. The molecule has 0 aromatic heterocycles. The molecule has 0 bridgehead atoms. The standard InChI is InChI=1S/C23H28N2O6S/c1-14-9-19(11-21(17(14)4)23(27)30-5)24-22(26)18-7-6-8-20(10-18)32(28,29)25-12-15(2)31-16(3)13-25/h6-11,15-16H,12-13H2,1-5H3,(H,24,26). The molecule has 0 aliphatic carbocycles. The number of benzene rings is 2. The van der Waals surface area contributed by atoms with Crippen molar-refractivity contribution < 1.29 is 27.5 Å². The Morgan fingerprint density at radius 3 is 2.38 bits per heavy atom. The third-order valence-electron chi connectivity index (χ3n) is 5.45. The number of hydrogen-bond donors (Lipinski definition) is 1. The number of rotatable bonds is 5. The zero-order valence-corrected chi connectivity index (χ0v) is 19.7. The Kier molecular flexibility index (Phi) is 7.02. The average Bonchev–Trinajstić information content (AvgIpc) is 2.75. The second-order valence-corrected chi connectivity index (χ2v) is 9.96. The molecule has 2 atom stereocenters. The Bertz CT molecular complexity index is 1140. The maximum Gasteiger partial charge on any atom is 0.338 e. The molecule has 1 amide bonds. The number of methoxy groups -OCH3 is 1. The van der Waals surface area contributed by atoms with Crippen LogP contribution < -0.4 is 5.32 Å². The van der Waals surface area contributed by atoms with Crippen molar-refractivity contribution in [1.82, 2.24) is 4.31 Å². The number of anilines is 1. The lowest BCUT2D eigenvalue weighted by molar-refractivity contribution is -0.0440. The van der Waals surface area contributed by atoms with E-state index in [1.54, 1.807) is 25.1 Å². The number of carbonyl (C=O) groups is 2. The molecule has 1 aliphatic heterocycles. The molecule has 0 spiro atoms. The van der Waals surface area contributed by atoms with Crippen molar-refractivity contribution in [1.29, 1.82) is 0 Å². The summed E-state index contributed by atoms with van der Waals surface area (Å²) in [5.74, 6) is -0.978. The van der Waals surface area contributed by atoms with Crippen LogP contribution in [0, 0.1) is 13.8 Å². The van der Waals surface area contributed by atoms with Gasteiger partial charge in [-0.3, -0.25) is 4.79 Å². The normalized spacial score (nSPS) is 19.4. The summed E-state index contributed by atoms with van der Waals surface area (Å²) in [5.41, 5.74) is 2.54. The number of esters is 1. The monoisotopic (exact) mass is 460 g/mol. The summed E-state index contributed by atoms with van der Waals surface area (Å²) in [6.07, 6.45) is -0.428. The molecule has 0 radical (unpaired) electrons. The number of sulfonamides is 1. The molecule has 32 heavy (non-hydrogen) atoms. The van der Waals surface area contributed by atoms with Gasteiger partial charge >= 0.3 is 5.97 Å². The van der Waals surface area contributed by atoms with Crippen LogP contribution in [0.1, 0.15) is 45.7 Å². The highest BCUT2D eigenvalue weighted by Crippen LogP contribution is 2.24. The summed E-state index contributed by atoms with van der Waals surface area (Å²) in [6.45, 7) is 7.79. The molecule has 2 unspecified atom stereocenters. The molecule has 1 heterocycles. The van der Waals surface area contributed by atoms with Crippen molar-refractivity contribution in [2.45, 2.75) is 44.8 Å². The van der Waals surface area contributed by atoms with Crippen molar-refractivity contribution in [3.05, 3.63) is 58.7 Å². The van der Waals surface area contributed by atoms with E-state index >= 15 is 0 Å². The first-order chi connectivity index (χ1) is 15.0. The van der Waals surface area contributed by atoms with Crippen molar-refractivity contribution >= 4 is 27.6 Å². The van der Waals surface area contributed by atoms with E-state index in [1.165, 1.54) is 29.6 Å². The predicted molar refractivity (Wildman–Crippen MR) is 120 cm³/mol. The van der Waals surface area contributed by atoms with E-state index in [4.69, 9.17) is 9.47 Å². The SMILES string of the molecule is COC(=O)c1cc(NC(=O)c2cccc(S(=O)(=O)N3CC(C)OC(C)C3)c2)cc(C)c1C. The molecule has 2 aromatic rings. The second kappa shape index (κ2) is 9.40. The van der Waals surface area contributed by atoms with Crippen LogP contribution in [-0.4, -0.2) is 57.0 Å². The van der Waals surface area contributed by atoms with E-state index in [-0.39, 0.29) is 35.8 Å². The van der Waals surface area contributed by atoms with Crippen LogP contribution in [0.15, 0.2) is 41.3 Å². The zero-order valence-electron chi connectivity index (χ0n) is 18.8. The van der Waals surface area contributed by atoms with Gasteiger partial charge in [-0.1, -0.05) is 6.07 Å². The maximum absolute atomic E-state index is 13.1. The molecule has 1 aliphatic rings. The first kappa shape index (κ1) is 23.9. The third-order valence-corrected chi connectivity index (χ3v) is 7.28. The van der Waals surface area contributed by atoms with Gasteiger partial charge in [0.15, 0.2) is 0 Å². The van der Waals surface area contributed by atoms with Gasteiger partial charge in [0, 0.05) is 24.3 Å². The molecule has 1 saturated heterocycles. The summed E-state index contributed by atoms with van der Waals surface area (Å²) in [4.78, 5) is 24.9. The Balaban J connectivity index is 1.86.